The molecule has 0 fully saturated rings. The van der Waals surface area contributed by atoms with Gasteiger partial charge in [0.25, 0.3) is 0 Å². The maximum atomic E-state index is 6.90. The average Bonchev–Trinajstić information content (AvgIpc) is 3.65. The van der Waals surface area contributed by atoms with E-state index in [2.05, 4.69) is 75.4 Å². The summed E-state index contributed by atoms with van der Waals surface area (Å²) in [6.07, 6.45) is 66.4. The van der Waals surface area contributed by atoms with Crippen LogP contribution >= 0.6 is 0 Å². The second kappa shape index (κ2) is 43.8. The number of hydrogen-bond donors (Lipinski definition) is 0. The number of benzene rings is 3. The quantitative estimate of drug-likeness (QED) is 0.0363. The first-order valence-electron chi connectivity index (χ1n) is 34.6. The smallest absolute Gasteiger partial charge is 0.123 e. The zero-order valence-electron chi connectivity index (χ0n) is 51.1. The third-order valence-electron chi connectivity index (χ3n) is 17.9. The van der Waals surface area contributed by atoms with E-state index in [4.69, 9.17) is 14.2 Å². The van der Waals surface area contributed by atoms with E-state index in [9.17, 15) is 0 Å². The van der Waals surface area contributed by atoms with Crippen molar-refractivity contribution >= 4 is 0 Å². The van der Waals surface area contributed by atoms with E-state index < -0.39 is 0 Å². The lowest BCUT2D eigenvalue weighted by Crippen LogP contribution is -2.29. The van der Waals surface area contributed by atoms with Crippen LogP contribution in [-0.4, -0.2) is 19.8 Å². The molecule has 0 amide bonds. The standard InChI is InChI=1S/C74H122O3/c1-4-7-10-13-16-19-22-25-28-31-34-37-40-43-46-49-61-75-67-58-52-55-64-70-65-56-53-59-68(76-62-50-47-44-41-38-35-32-29-26-23-20-17-14-11-8-5-2)72(65)74(71(64)67)73-66(70)57-54-60-69(73)77-63-51-48-45-42-39-36-33-30-27-24-21-18-15-12-9-6-3/h52-60,70,74H,4-51,61-63H2,1-3H3. The van der Waals surface area contributed by atoms with Gasteiger partial charge >= 0.3 is 0 Å². The molecule has 0 heterocycles. The molecule has 0 spiro atoms. The number of unbranched alkanes of at least 4 members (excludes halogenated alkanes) is 45. The number of rotatable bonds is 54. The van der Waals surface area contributed by atoms with Gasteiger partial charge in [0, 0.05) is 28.5 Å². The molecule has 3 aromatic rings. The lowest BCUT2D eigenvalue weighted by Gasteiger charge is -2.44. The van der Waals surface area contributed by atoms with Crippen LogP contribution in [0, 0.1) is 0 Å². The van der Waals surface area contributed by atoms with E-state index in [-0.39, 0.29) is 11.8 Å². The topological polar surface area (TPSA) is 27.7 Å². The highest BCUT2D eigenvalue weighted by atomic mass is 16.5. The summed E-state index contributed by atoms with van der Waals surface area (Å²) < 4.78 is 20.7. The highest BCUT2D eigenvalue weighted by molar-refractivity contribution is 5.74. The highest BCUT2D eigenvalue weighted by Gasteiger charge is 2.46. The summed E-state index contributed by atoms with van der Waals surface area (Å²) in [6, 6.07) is 20.7. The fraction of sp³-hybridized carbons (Fsp3) is 0.757. The molecule has 0 saturated heterocycles. The van der Waals surface area contributed by atoms with E-state index in [0.29, 0.717) is 0 Å². The Morgan fingerprint density at radius 2 is 0.403 bits per heavy atom. The van der Waals surface area contributed by atoms with Crippen molar-refractivity contribution in [3.8, 4) is 17.2 Å². The summed E-state index contributed by atoms with van der Waals surface area (Å²) in [5, 5.41) is 0. The average molecular weight is 1060 g/mol. The van der Waals surface area contributed by atoms with Gasteiger partial charge in [0.15, 0.2) is 0 Å². The number of hydrogen-bond acceptors (Lipinski definition) is 3. The van der Waals surface area contributed by atoms with Gasteiger partial charge in [-0.2, -0.15) is 0 Å². The van der Waals surface area contributed by atoms with Crippen LogP contribution < -0.4 is 14.2 Å². The molecule has 77 heavy (non-hydrogen) atoms. The molecular weight excluding hydrogens is 937 g/mol. The maximum Gasteiger partial charge on any atom is 0.123 e. The molecule has 0 radical (unpaired) electrons. The first-order valence-corrected chi connectivity index (χ1v) is 34.6. The van der Waals surface area contributed by atoms with Crippen LogP contribution in [0.4, 0.5) is 0 Å². The van der Waals surface area contributed by atoms with Crippen molar-refractivity contribution in [2.45, 2.75) is 341 Å². The van der Waals surface area contributed by atoms with Crippen molar-refractivity contribution in [1.29, 1.82) is 0 Å². The minimum absolute atomic E-state index is 0.0333. The van der Waals surface area contributed by atoms with Crippen molar-refractivity contribution in [3.63, 3.8) is 0 Å². The third kappa shape index (κ3) is 25.6. The van der Waals surface area contributed by atoms with E-state index in [1.807, 2.05) is 0 Å². The summed E-state index contributed by atoms with van der Waals surface area (Å²) in [7, 11) is 0. The minimum atomic E-state index is 0.0333. The molecular formula is C74H122O3. The van der Waals surface area contributed by atoms with E-state index in [1.165, 1.54) is 322 Å². The molecule has 0 unspecified atom stereocenters. The molecule has 0 N–H and O–H groups in total. The fourth-order valence-corrected chi connectivity index (χ4v) is 13.2. The SMILES string of the molecule is CCCCCCCCCCCCCCCCCCOc1cccc2c1C1c3c(OCCCCCCCCCCCCCCCCCC)cccc3C2c2cccc(OCCCCCCCCCCCCCCCCCC)c21. The molecule has 3 aromatic carbocycles. The Kier molecular flexibility index (Phi) is 36.9. The highest BCUT2D eigenvalue weighted by Crippen LogP contribution is 2.61. The minimum Gasteiger partial charge on any atom is -0.493 e. The summed E-state index contributed by atoms with van der Waals surface area (Å²) in [5.41, 5.74) is 8.28. The normalized spacial score (nSPS) is 14.2. The van der Waals surface area contributed by atoms with Gasteiger partial charge in [-0.15, -0.1) is 0 Å². The molecule has 0 atom stereocenters. The predicted octanol–water partition coefficient (Wildman–Crippen LogP) is 24.6. The zero-order chi connectivity index (χ0) is 53.9. The van der Waals surface area contributed by atoms with Crippen LogP contribution in [-0.2, 0) is 0 Å². The van der Waals surface area contributed by atoms with Crippen LogP contribution in [0.1, 0.15) is 374 Å². The molecule has 3 aliphatic carbocycles. The van der Waals surface area contributed by atoms with Crippen molar-refractivity contribution < 1.29 is 14.2 Å². The van der Waals surface area contributed by atoms with Gasteiger partial charge in [0.05, 0.1) is 19.8 Å². The van der Waals surface area contributed by atoms with E-state index in [0.717, 1.165) is 56.3 Å². The molecule has 0 aromatic heterocycles. The van der Waals surface area contributed by atoms with Gasteiger partial charge in [-0.25, -0.2) is 0 Å². The molecule has 2 bridgehead atoms. The summed E-state index contributed by atoms with van der Waals surface area (Å²) in [4.78, 5) is 0. The lowest BCUT2D eigenvalue weighted by atomic mass is 9.60. The molecule has 0 aliphatic heterocycles. The molecule has 3 heteroatoms. The molecule has 6 rings (SSSR count). The van der Waals surface area contributed by atoms with Gasteiger partial charge in [-0.1, -0.05) is 346 Å². The Labute approximate surface area is 477 Å². The Morgan fingerprint density at radius 3 is 0.597 bits per heavy atom. The van der Waals surface area contributed by atoms with Gasteiger partial charge in [0.2, 0.25) is 0 Å². The second-order valence-electron chi connectivity index (χ2n) is 24.6. The van der Waals surface area contributed by atoms with E-state index in [1.54, 1.807) is 0 Å². The Morgan fingerprint density at radius 1 is 0.221 bits per heavy atom. The third-order valence-corrected chi connectivity index (χ3v) is 17.9. The van der Waals surface area contributed by atoms with Crippen LogP contribution in [0.25, 0.3) is 0 Å². The summed E-state index contributed by atoms with van der Waals surface area (Å²) in [6.45, 7) is 9.27. The van der Waals surface area contributed by atoms with Gasteiger partial charge in [-0.05, 0) is 54.2 Å². The maximum absolute atomic E-state index is 6.90. The first kappa shape index (κ1) is 64.9. The fourth-order valence-electron chi connectivity index (χ4n) is 13.2. The Bertz CT molecular complexity index is 1650. The largest absolute Gasteiger partial charge is 0.493 e. The van der Waals surface area contributed by atoms with E-state index >= 15 is 0 Å². The van der Waals surface area contributed by atoms with Crippen molar-refractivity contribution in [3.05, 3.63) is 88.0 Å². The van der Waals surface area contributed by atoms with Crippen LogP contribution in [0.5, 0.6) is 17.2 Å². The predicted molar refractivity (Wildman–Crippen MR) is 336 cm³/mol. The Balaban J connectivity index is 1.09. The van der Waals surface area contributed by atoms with Gasteiger partial charge < -0.3 is 14.2 Å². The van der Waals surface area contributed by atoms with Crippen molar-refractivity contribution in [2.75, 3.05) is 19.8 Å². The van der Waals surface area contributed by atoms with Crippen LogP contribution in [0.2, 0.25) is 0 Å². The number of ether oxygens (including phenoxy) is 3. The summed E-state index contributed by atoms with van der Waals surface area (Å²) in [5.74, 6) is 3.38. The molecule has 3 nitrogen and oxygen atoms in total. The molecule has 3 aliphatic rings. The van der Waals surface area contributed by atoms with Crippen molar-refractivity contribution in [2.24, 2.45) is 0 Å². The second-order valence-corrected chi connectivity index (χ2v) is 24.6. The van der Waals surface area contributed by atoms with Gasteiger partial charge in [-0.3, -0.25) is 0 Å². The van der Waals surface area contributed by atoms with Crippen molar-refractivity contribution in [1.82, 2.24) is 0 Å². The lowest BCUT2D eigenvalue weighted by molar-refractivity contribution is 0.290. The monoisotopic (exact) mass is 1060 g/mol. The van der Waals surface area contributed by atoms with Gasteiger partial charge in [0.1, 0.15) is 17.2 Å². The van der Waals surface area contributed by atoms with Crippen LogP contribution in [0.15, 0.2) is 54.6 Å². The Hall–Kier alpha value is -2.94. The molecule has 436 valence electrons. The van der Waals surface area contributed by atoms with Crippen LogP contribution in [0.3, 0.4) is 0 Å². The zero-order valence-corrected chi connectivity index (χ0v) is 51.1. The molecule has 0 saturated carbocycles. The first-order chi connectivity index (χ1) is 38.3. The summed E-state index contributed by atoms with van der Waals surface area (Å²) >= 11 is 0.